The van der Waals surface area contributed by atoms with Crippen LogP contribution in [0.25, 0.3) is 0 Å². The predicted molar refractivity (Wildman–Crippen MR) is 81.0 cm³/mol. The number of carboxylic acid groups (broad SMARTS) is 1. The lowest BCUT2D eigenvalue weighted by atomic mass is 10.0. The van der Waals surface area contributed by atoms with Gasteiger partial charge in [0.25, 0.3) is 0 Å². The average molecular weight is 332 g/mol. The zero-order valence-corrected chi connectivity index (χ0v) is 12.7. The van der Waals surface area contributed by atoms with Crippen molar-refractivity contribution in [3.05, 3.63) is 11.3 Å². The zero-order valence-electron chi connectivity index (χ0n) is 10.3. The number of nitrogens with zero attached hydrogens (tertiary/aromatic N) is 3. The van der Waals surface area contributed by atoms with Crippen molar-refractivity contribution in [3.63, 3.8) is 0 Å². The van der Waals surface area contributed by atoms with E-state index in [2.05, 4.69) is 4.40 Å². The van der Waals surface area contributed by atoms with E-state index in [0.29, 0.717) is 11.5 Å². The number of aliphatic carboxylic acids is 1. The lowest BCUT2D eigenvalue weighted by Gasteiger charge is -2.48. The zero-order chi connectivity index (χ0) is 14.3. The van der Waals surface area contributed by atoms with E-state index in [9.17, 15) is 14.7 Å². The molecule has 0 aromatic carbocycles. The Balaban J connectivity index is 1.77. The van der Waals surface area contributed by atoms with Gasteiger partial charge in [0.2, 0.25) is 5.91 Å². The quantitative estimate of drug-likeness (QED) is 0.555. The van der Waals surface area contributed by atoms with Gasteiger partial charge in [0.05, 0.1) is 5.88 Å². The van der Waals surface area contributed by atoms with Gasteiger partial charge in [-0.2, -0.15) is 0 Å². The number of carbonyl (C=O) groups is 2. The molecule has 1 unspecified atom stereocenters. The van der Waals surface area contributed by atoms with Crippen LogP contribution >= 0.6 is 35.7 Å². The van der Waals surface area contributed by atoms with Crippen molar-refractivity contribution in [2.45, 2.75) is 11.4 Å². The van der Waals surface area contributed by atoms with Crippen LogP contribution in [0.1, 0.15) is 0 Å². The molecule has 1 saturated heterocycles. The number of rotatable bonds is 4. The minimum atomic E-state index is -1.06. The van der Waals surface area contributed by atoms with Crippen LogP contribution in [0.15, 0.2) is 15.7 Å². The van der Waals surface area contributed by atoms with Gasteiger partial charge in [-0.05, 0) is 29.5 Å². The minimum Gasteiger partial charge on any atom is -0.477 e. The highest BCUT2D eigenvalue weighted by Crippen LogP contribution is 2.40. The van der Waals surface area contributed by atoms with E-state index in [1.165, 1.54) is 40.6 Å². The largest absolute Gasteiger partial charge is 0.477 e. The highest BCUT2D eigenvalue weighted by molar-refractivity contribution is 8.02. The maximum absolute atomic E-state index is 11.8. The van der Waals surface area contributed by atoms with Crippen molar-refractivity contribution in [2.75, 3.05) is 17.4 Å². The molecule has 1 amide bonds. The van der Waals surface area contributed by atoms with E-state index in [-0.39, 0.29) is 17.0 Å². The second-order valence-electron chi connectivity index (χ2n) is 4.36. The van der Waals surface area contributed by atoms with Gasteiger partial charge in [-0.25, -0.2) is 9.19 Å². The number of β-lactam (4-membered cyclic amide) rings is 1. The van der Waals surface area contributed by atoms with E-state index in [1.807, 2.05) is 4.31 Å². The first-order chi connectivity index (χ1) is 9.59. The van der Waals surface area contributed by atoms with Crippen molar-refractivity contribution in [1.29, 1.82) is 0 Å². The number of hydrogen-bond donors (Lipinski definition) is 2. The fraction of sp³-hybridized carbons (Fsp3) is 0.500. The molecule has 0 spiro atoms. The number of thioether (sulfide) groups is 1. The average Bonchev–Trinajstić information content (AvgIpc) is 2.96. The molecule has 2 atom stereocenters. The smallest absolute Gasteiger partial charge is 0.352 e. The van der Waals surface area contributed by atoms with Gasteiger partial charge in [-0.3, -0.25) is 14.0 Å². The van der Waals surface area contributed by atoms with Gasteiger partial charge in [0, 0.05) is 11.5 Å². The van der Waals surface area contributed by atoms with E-state index >= 15 is 0 Å². The van der Waals surface area contributed by atoms with Crippen molar-refractivity contribution >= 4 is 53.9 Å². The molecule has 10 heteroatoms. The Morgan fingerprint density at radius 2 is 2.45 bits per heavy atom. The standard InChI is InChI=1S/C10H12N4O3S3/c11-6-8(15)14-7(10(16)17)5(1-18-9(6)14)2-20-13-3-12-19-4-13/h3,6,9H,1-2,4,11H2,(H,16,17)/t6?,9-/m0/s1. The fourth-order valence-electron chi connectivity index (χ4n) is 2.13. The lowest BCUT2D eigenvalue weighted by Crippen LogP contribution is -2.68. The lowest BCUT2D eigenvalue weighted by molar-refractivity contribution is -0.147. The molecule has 3 N–H and O–H groups in total. The van der Waals surface area contributed by atoms with E-state index < -0.39 is 12.0 Å². The molecule has 1 fully saturated rings. The molecule has 3 aliphatic rings. The summed E-state index contributed by atoms with van der Waals surface area (Å²) in [6.07, 6.45) is 1.72. The SMILES string of the molecule is NC1C(=O)N2C(C(=O)O)=C(CSN3C=NSC3)CS[C@@H]12. The van der Waals surface area contributed by atoms with Gasteiger partial charge in [-0.15, -0.1) is 11.8 Å². The molecule has 108 valence electrons. The van der Waals surface area contributed by atoms with Crippen LogP contribution < -0.4 is 5.73 Å². The van der Waals surface area contributed by atoms with Crippen LogP contribution in [0.5, 0.6) is 0 Å². The highest BCUT2D eigenvalue weighted by Gasteiger charge is 2.51. The van der Waals surface area contributed by atoms with Crippen molar-refractivity contribution in [1.82, 2.24) is 9.21 Å². The van der Waals surface area contributed by atoms with Crippen LogP contribution in [-0.4, -0.2) is 61.3 Å². The third-order valence-corrected chi connectivity index (χ3v) is 6.32. The summed E-state index contributed by atoms with van der Waals surface area (Å²) >= 11 is 4.47. The maximum Gasteiger partial charge on any atom is 0.352 e. The van der Waals surface area contributed by atoms with Crippen LogP contribution in [0.2, 0.25) is 0 Å². The number of nitrogens with two attached hydrogens (primary N) is 1. The molecule has 0 aromatic heterocycles. The number of hydrogen-bond acceptors (Lipinski definition) is 8. The van der Waals surface area contributed by atoms with Crippen LogP contribution in [0.3, 0.4) is 0 Å². The van der Waals surface area contributed by atoms with Crippen LogP contribution in [0, 0.1) is 0 Å². The summed E-state index contributed by atoms with van der Waals surface area (Å²) in [5.74, 6) is 0.516. The van der Waals surface area contributed by atoms with Crippen molar-refractivity contribution in [2.24, 2.45) is 10.1 Å². The molecule has 7 nitrogen and oxygen atoms in total. The van der Waals surface area contributed by atoms with E-state index in [0.717, 1.165) is 11.4 Å². The Hall–Kier alpha value is -0.840. The molecule has 3 aliphatic heterocycles. The van der Waals surface area contributed by atoms with Crippen molar-refractivity contribution in [3.8, 4) is 0 Å². The molecule has 0 aliphatic carbocycles. The number of carboxylic acids is 1. The highest BCUT2D eigenvalue weighted by atomic mass is 32.2. The van der Waals surface area contributed by atoms with Gasteiger partial charge >= 0.3 is 5.97 Å². The van der Waals surface area contributed by atoms with Crippen molar-refractivity contribution < 1.29 is 14.7 Å². The molecule has 0 bridgehead atoms. The summed E-state index contributed by atoms with van der Waals surface area (Å²) in [5.41, 5.74) is 6.56. The molecular weight excluding hydrogens is 320 g/mol. The Bertz CT molecular complexity index is 524. The molecule has 0 radical (unpaired) electrons. The minimum absolute atomic E-state index is 0.108. The third kappa shape index (κ3) is 2.30. The Morgan fingerprint density at radius 3 is 3.10 bits per heavy atom. The first kappa shape index (κ1) is 14.1. The number of carbonyl (C=O) groups excluding carboxylic acids is 1. The first-order valence-electron chi connectivity index (χ1n) is 5.80. The molecular formula is C10H12N4O3S3. The Labute approximate surface area is 128 Å². The molecule has 3 rings (SSSR count). The summed E-state index contributed by atoms with van der Waals surface area (Å²) in [4.78, 5) is 24.5. The molecule has 20 heavy (non-hydrogen) atoms. The molecule has 0 aromatic rings. The second-order valence-corrected chi connectivity index (χ2v) is 7.21. The normalized spacial score (nSPS) is 28.8. The molecule has 0 saturated carbocycles. The van der Waals surface area contributed by atoms with E-state index in [1.54, 1.807) is 6.34 Å². The van der Waals surface area contributed by atoms with Crippen LogP contribution in [0.4, 0.5) is 0 Å². The van der Waals surface area contributed by atoms with Crippen LogP contribution in [-0.2, 0) is 9.59 Å². The summed E-state index contributed by atoms with van der Waals surface area (Å²) in [7, 11) is 0. The number of amides is 1. The molecule has 3 heterocycles. The fourth-order valence-corrected chi connectivity index (χ4v) is 5.16. The maximum atomic E-state index is 11.8. The summed E-state index contributed by atoms with van der Waals surface area (Å²) in [6, 6.07) is -0.578. The third-order valence-electron chi connectivity index (χ3n) is 3.13. The monoisotopic (exact) mass is 332 g/mol. The van der Waals surface area contributed by atoms with Gasteiger partial charge < -0.3 is 10.8 Å². The topological polar surface area (TPSA) is 99.2 Å². The summed E-state index contributed by atoms with van der Waals surface area (Å²) in [6.45, 7) is 0. The van der Waals surface area contributed by atoms with Gasteiger partial charge in [0.1, 0.15) is 23.5 Å². The second kappa shape index (κ2) is 5.51. The Morgan fingerprint density at radius 1 is 1.65 bits per heavy atom. The van der Waals surface area contributed by atoms with Gasteiger partial charge in [0.15, 0.2) is 0 Å². The number of fused-ring (bicyclic) bond motifs is 1. The predicted octanol–water partition coefficient (Wildman–Crippen LogP) is 0.165. The van der Waals surface area contributed by atoms with Gasteiger partial charge in [-0.1, -0.05) is 0 Å². The van der Waals surface area contributed by atoms with E-state index in [4.69, 9.17) is 5.73 Å². The summed E-state index contributed by atoms with van der Waals surface area (Å²) < 4.78 is 5.96. The Kier molecular flexibility index (Phi) is 3.89. The first-order valence-corrected chi connectivity index (χ1v) is 8.73. The summed E-state index contributed by atoms with van der Waals surface area (Å²) in [5, 5.41) is 9.14.